The first-order valence-electron chi connectivity index (χ1n) is 20.4. The topological polar surface area (TPSA) is 70.5 Å². The lowest BCUT2D eigenvalue weighted by atomic mass is 10.0. The summed E-state index contributed by atoms with van der Waals surface area (Å²) in [4.78, 5) is 0. The molecule has 0 radical (unpaired) electrons. The average molecular weight is 627 g/mol. The molecule has 0 fully saturated rings. The molecule has 0 rings (SSSR count). The summed E-state index contributed by atoms with van der Waals surface area (Å²) in [6, 6.07) is 0. The molecular formula is C40H86N2O2. The molecule has 0 aliphatic carbocycles. The van der Waals surface area contributed by atoms with E-state index in [0.29, 0.717) is 0 Å². The van der Waals surface area contributed by atoms with Gasteiger partial charge in [0.05, 0.1) is 0 Å². The molecule has 4 N–H and O–H groups in total. The quantitative estimate of drug-likeness (QED) is 0.0669. The lowest BCUT2D eigenvalue weighted by Crippen LogP contribution is -2.04. The molecule has 4 heteroatoms. The predicted molar refractivity (Wildman–Crippen MR) is 199 cm³/mol. The van der Waals surface area contributed by atoms with Gasteiger partial charge in [-0.3, -0.25) is 0 Å². The van der Waals surface area contributed by atoms with Gasteiger partial charge in [0, 0.05) is 26.4 Å². The number of ether oxygens (including phenoxy) is 2. The maximum Gasteiger partial charge on any atom is 0.0478 e. The van der Waals surface area contributed by atoms with Crippen LogP contribution in [-0.4, -0.2) is 39.5 Å². The van der Waals surface area contributed by atoms with E-state index in [9.17, 15) is 0 Å². The van der Waals surface area contributed by atoms with Gasteiger partial charge in [-0.25, -0.2) is 0 Å². The lowest BCUT2D eigenvalue weighted by molar-refractivity contribution is 0.129. The van der Waals surface area contributed by atoms with Crippen LogP contribution >= 0.6 is 0 Å². The van der Waals surface area contributed by atoms with Gasteiger partial charge in [-0.2, -0.15) is 0 Å². The van der Waals surface area contributed by atoms with Crippen molar-refractivity contribution in [3.05, 3.63) is 0 Å². The molecule has 4 nitrogen and oxygen atoms in total. The van der Waals surface area contributed by atoms with E-state index >= 15 is 0 Å². The third-order valence-corrected chi connectivity index (χ3v) is 8.77. The van der Waals surface area contributed by atoms with Crippen LogP contribution in [0.2, 0.25) is 0 Å². The van der Waals surface area contributed by atoms with E-state index in [1.54, 1.807) is 0 Å². The van der Waals surface area contributed by atoms with Gasteiger partial charge >= 0.3 is 0 Å². The minimum atomic E-state index is 0.749. The van der Waals surface area contributed by atoms with E-state index in [1.165, 1.54) is 193 Å². The van der Waals surface area contributed by atoms with E-state index in [1.807, 2.05) is 0 Å². The highest BCUT2D eigenvalue weighted by Crippen LogP contribution is 2.14. The monoisotopic (exact) mass is 627 g/mol. The summed E-state index contributed by atoms with van der Waals surface area (Å²) < 4.78 is 11.0. The van der Waals surface area contributed by atoms with Crippen LogP contribution in [0, 0.1) is 0 Å². The van der Waals surface area contributed by atoms with E-state index < -0.39 is 0 Å². The van der Waals surface area contributed by atoms with Crippen molar-refractivity contribution in [2.45, 2.75) is 219 Å². The highest BCUT2D eigenvalue weighted by atomic mass is 16.5. The van der Waals surface area contributed by atoms with Crippen LogP contribution in [0.25, 0.3) is 0 Å². The van der Waals surface area contributed by atoms with Gasteiger partial charge in [-0.05, 0) is 38.8 Å². The Kier molecular flexibility index (Phi) is 49.4. The molecular weight excluding hydrogens is 540 g/mol. The van der Waals surface area contributed by atoms with Crippen molar-refractivity contribution < 1.29 is 9.47 Å². The molecule has 0 saturated carbocycles. The Morgan fingerprint density at radius 3 is 0.636 bits per heavy atom. The fourth-order valence-corrected chi connectivity index (χ4v) is 5.73. The summed E-state index contributed by atoms with van der Waals surface area (Å²) in [5.74, 6) is 0. The second-order valence-electron chi connectivity index (χ2n) is 13.4. The van der Waals surface area contributed by atoms with Crippen LogP contribution in [-0.2, 0) is 9.47 Å². The van der Waals surface area contributed by atoms with Crippen LogP contribution < -0.4 is 11.5 Å². The molecule has 0 aromatic carbocycles. The second kappa shape index (κ2) is 47.2. The molecule has 0 spiro atoms. The molecule has 44 heavy (non-hydrogen) atoms. The Morgan fingerprint density at radius 1 is 0.250 bits per heavy atom. The SMILES string of the molecule is CCCCCCCCCCCCCCCCCCOCCCN.CCCCCCCCCCCCCCCCOCCCN. The third kappa shape index (κ3) is 48.7. The van der Waals surface area contributed by atoms with Crippen molar-refractivity contribution in [3.63, 3.8) is 0 Å². The molecule has 0 amide bonds. The zero-order valence-electron chi connectivity index (χ0n) is 30.8. The van der Waals surface area contributed by atoms with Crippen LogP contribution in [0.4, 0.5) is 0 Å². The molecule has 0 unspecified atom stereocenters. The number of rotatable bonds is 38. The van der Waals surface area contributed by atoms with Crippen molar-refractivity contribution in [1.82, 2.24) is 0 Å². The standard InChI is InChI=1S/C21H45NO.C19H41NO/c1-2-3-4-5-6-7-8-9-10-11-12-13-14-15-16-17-20-23-21-18-19-22;1-2-3-4-5-6-7-8-9-10-11-12-13-14-15-18-21-19-16-17-20/h2-22H2,1H3;2-20H2,1H3. The van der Waals surface area contributed by atoms with Gasteiger partial charge in [-0.15, -0.1) is 0 Å². The van der Waals surface area contributed by atoms with Crippen molar-refractivity contribution in [1.29, 1.82) is 0 Å². The Labute approximate surface area is 279 Å². The minimum absolute atomic E-state index is 0.749. The van der Waals surface area contributed by atoms with Gasteiger partial charge in [0.15, 0.2) is 0 Å². The molecule has 0 bridgehead atoms. The third-order valence-electron chi connectivity index (χ3n) is 8.77. The van der Waals surface area contributed by atoms with Gasteiger partial charge in [0.2, 0.25) is 0 Å². The number of hydrogen-bond donors (Lipinski definition) is 2. The predicted octanol–water partition coefficient (Wildman–Crippen LogP) is 12.4. The normalized spacial score (nSPS) is 11.2. The maximum atomic E-state index is 5.51. The molecule has 268 valence electrons. The first-order valence-corrected chi connectivity index (χ1v) is 20.4. The van der Waals surface area contributed by atoms with Crippen LogP contribution in [0.3, 0.4) is 0 Å². The summed E-state index contributed by atoms with van der Waals surface area (Å²) in [5, 5.41) is 0. The lowest BCUT2D eigenvalue weighted by Gasteiger charge is -2.04. The fraction of sp³-hybridized carbons (Fsp3) is 1.00. The minimum Gasteiger partial charge on any atom is -0.381 e. The Morgan fingerprint density at radius 2 is 0.432 bits per heavy atom. The zero-order valence-corrected chi connectivity index (χ0v) is 30.8. The zero-order chi connectivity index (χ0) is 32.3. The van der Waals surface area contributed by atoms with Gasteiger partial charge in [-0.1, -0.05) is 194 Å². The summed E-state index contributed by atoms with van der Waals surface area (Å²) in [5.41, 5.74) is 10.8. The van der Waals surface area contributed by atoms with E-state index in [4.69, 9.17) is 20.9 Å². The first kappa shape index (κ1) is 46.0. The smallest absolute Gasteiger partial charge is 0.0478 e. The molecule has 0 aromatic rings. The number of nitrogens with two attached hydrogens (primary N) is 2. The summed E-state index contributed by atoms with van der Waals surface area (Å²) >= 11 is 0. The Bertz CT molecular complexity index is 411. The molecule has 0 aliphatic heterocycles. The van der Waals surface area contributed by atoms with Gasteiger partial charge < -0.3 is 20.9 Å². The van der Waals surface area contributed by atoms with Crippen molar-refractivity contribution in [2.75, 3.05) is 39.5 Å². The number of hydrogen-bond acceptors (Lipinski definition) is 4. The van der Waals surface area contributed by atoms with E-state index in [2.05, 4.69) is 13.8 Å². The summed E-state index contributed by atoms with van der Waals surface area (Å²) in [6.45, 7) is 9.62. The number of unbranched alkanes of at least 4 members (excludes halogenated alkanes) is 28. The van der Waals surface area contributed by atoms with Gasteiger partial charge in [0.25, 0.3) is 0 Å². The Hall–Kier alpha value is -0.160. The highest BCUT2D eigenvalue weighted by Gasteiger charge is 1.96. The second-order valence-corrected chi connectivity index (χ2v) is 13.4. The molecule has 0 aliphatic rings. The summed E-state index contributed by atoms with van der Waals surface area (Å²) in [6.07, 6.45) is 44.5. The van der Waals surface area contributed by atoms with Crippen molar-refractivity contribution in [3.8, 4) is 0 Å². The van der Waals surface area contributed by atoms with Crippen molar-refractivity contribution >= 4 is 0 Å². The maximum absolute atomic E-state index is 5.51. The summed E-state index contributed by atoms with van der Waals surface area (Å²) in [7, 11) is 0. The first-order chi connectivity index (χ1) is 21.8. The molecule has 0 heterocycles. The van der Waals surface area contributed by atoms with Crippen LogP contribution in [0.1, 0.15) is 219 Å². The van der Waals surface area contributed by atoms with Gasteiger partial charge in [0.1, 0.15) is 0 Å². The van der Waals surface area contributed by atoms with E-state index in [-0.39, 0.29) is 0 Å². The van der Waals surface area contributed by atoms with Crippen LogP contribution in [0.15, 0.2) is 0 Å². The largest absolute Gasteiger partial charge is 0.381 e. The fourth-order valence-electron chi connectivity index (χ4n) is 5.73. The highest BCUT2D eigenvalue weighted by molar-refractivity contribution is 4.51. The molecule has 0 atom stereocenters. The molecule has 0 saturated heterocycles. The van der Waals surface area contributed by atoms with Crippen LogP contribution in [0.5, 0.6) is 0 Å². The van der Waals surface area contributed by atoms with Crippen molar-refractivity contribution in [2.24, 2.45) is 11.5 Å². The Balaban J connectivity index is 0. The average Bonchev–Trinajstić information content (AvgIpc) is 3.04. The van der Waals surface area contributed by atoms with E-state index in [0.717, 1.165) is 52.4 Å². The molecule has 0 aromatic heterocycles.